The van der Waals surface area contributed by atoms with Crippen molar-refractivity contribution in [3.63, 3.8) is 0 Å². The topological polar surface area (TPSA) is 9.23 Å². The van der Waals surface area contributed by atoms with Crippen molar-refractivity contribution < 1.29 is 4.74 Å². The second-order valence-corrected chi connectivity index (χ2v) is 4.65. The van der Waals surface area contributed by atoms with E-state index in [0.29, 0.717) is 5.41 Å². The van der Waals surface area contributed by atoms with E-state index in [9.17, 15) is 0 Å². The maximum absolute atomic E-state index is 5.03. The number of ether oxygens (including phenoxy) is 1. The van der Waals surface area contributed by atoms with Crippen LogP contribution < -0.4 is 0 Å². The molecule has 1 nitrogen and oxygen atoms in total. The van der Waals surface area contributed by atoms with Crippen molar-refractivity contribution in [2.75, 3.05) is 13.7 Å². The number of methoxy groups -OCH3 is 1. The van der Waals surface area contributed by atoms with Crippen molar-refractivity contribution in [3.05, 3.63) is 0 Å². The van der Waals surface area contributed by atoms with Crippen molar-refractivity contribution in [3.8, 4) is 0 Å². The van der Waals surface area contributed by atoms with E-state index < -0.39 is 0 Å². The summed E-state index contributed by atoms with van der Waals surface area (Å²) in [7, 11) is 1.77. The molecule has 11 heavy (non-hydrogen) atoms. The van der Waals surface area contributed by atoms with Gasteiger partial charge in [-0.05, 0) is 24.2 Å². The van der Waals surface area contributed by atoms with Gasteiger partial charge in [-0.15, -0.1) is 0 Å². The average Bonchev–Trinajstić information content (AvgIpc) is 1.79. The molecule has 0 N–H and O–H groups in total. The summed E-state index contributed by atoms with van der Waals surface area (Å²) in [5, 5.41) is 0. The van der Waals surface area contributed by atoms with Gasteiger partial charge in [-0.25, -0.2) is 0 Å². The summed E-state index contributed by atoms with van der Waals surface area (Å²) in [6, 6.07) is 0. The summed E-state index contributed by atoms with van der Waals surface area (Å²) in [6.07, 6.45) is 2.48. The lowest BCUT2D eigenvalue weighted by Crippen LogP contribution is -2.12. The van der Waals surface area contributed by atoms with Gasteiger partial charge in [0.05, 0.1) is 0 Å². The predicted octanol–water partition coefficient (Wildman–Crippen LogP) is 3.10. The molecule has 68 valence electrons. The summed E-state index contributed by atoms with van der Waals surface area (Å²) in [5.74, 6) is 0.787. The van der Waals surface area contributed by atoms with Crippen molar-refractivity contribution in [1.82, 2.24) is 0 Å². The molecule has 0 saturated carbocycles. The van der Waals surface area contributed by atoms with E-state index in [4.69, 9.17) is 4.74 Å². The van der Waals surface area contributed by atoms with Crippen LogP contribution in [0.25, 0.3) is 0 Å². The molecule has 0 bridgehead atoms. The highest BCUT2D eigenvalue weighted by Crippen LogP contribution is 2.25. The second kappa shape index (κ2) is 4.76. The third kappa shape index (κ3) is 7.86. The lowest BCUT2D eigenvalue weighted by atomic mass is 9.84. The van der Waals surface area contributed by atoms with Crippen molar-refractivity contribution in [2.45, 2.75) is 40.5 Å². The molecular formula is C10H22O. The largest absolute Gasteiger partial charge is 0.385 e. The maximum atomic E-state index is 5.03. The minimum Gasteiger partial charge on any atom is -0.385 e. The fraction of sp³-hybridized carbons (Fsp3) is 1.00. The third-order valence-corrected chi connectivity index (χ3v) is 1.78. The van der Waals surface area contributed by atoms with Crippen LogP contribution in [-0.4, -0.2) is 13.7 Å². The Morgan fingerprint density at radius 1 is 1.27 bits per heavy atom. The molecule has 0 aromatic heterocycles. The summed E-state index contributed by atoms with van der Waals surface area (Å²) in [4.78, 5) is 0. The summed E-state index contributed by atoms with van der Waals surface area (Å²) < 4.78 is 5.03. The fourth-order valence-corrected chi connectivity index (χ4v) is 1.47. The van der Waals surface area contributed by atoms with Crippen LogP contribution in [0.1, 0.15) is 40.5 Å². The third-order valence-electron chi connectivity index (χ3n) is 1.78. The molecule has 1 heteroatoms. The molecule has 1 unspecified atom stereocenters. The van der Waals surface area contributed by atoms with Gasteiger partial charge in [0.15, 0.2) is 0 Å². The average molecular weight is 158 g/mol. The van der Waals surface area contributed by atoms with Gasteiger partial charge in [0, 0.05) is 13.7 Å². The minimum atomic E-state index is 0.465. The Labute approximate surface area is 71.1 Å². The standard InChI is InChI=1S/C10H22O/c1-9(6-7-11-5)8-10(2,3)4/h9H,6-8H2,1-5H3. The van der Waals surface area contributed by atoms with Crippen molar-refractivity contribution in [1.29, 1.82) is 0 Å². The Balaban J connectivity index is 3.44. The second-order valence-electron chi connectivity index (χ2n) is 4.65. The smallest absolute Gasteiger partial charge is 0.0464 e. The molecule has 0 saturated heterocycles. The van der Waals surface area contributed by atoms with E-state index in [2.05, 4.69) is 27.7 Å². The Morgan fingerprint density at radius 2 is 1.82 bits per heavy atom. The Morgan fingerprint density at radius 3 is 2.18 bits per heavy atom. The van der Waals surface area contributed by atoms with Crippen LogP contribution in [0.15, 0.2) is 0 Å². The Bertz CT molecular complexity index is 91.5. The maximum Gasteiger partial charge on any atom is 0.0464 e. The first-order chi connectivity index (χ1) is 4.95. The van der Waals surface area contributed by atoms with Gasteiger partial charge in [0.25, 0.3) is 0 Å². The molecular weight excluding hydrogens is 136 g/mol. The van der Waals surface area contributed by atoms with E-state index in [-0.39, 0.29) is 0 Å². The first-order valence-electron chi connectivity index (χ1n) is 4.44. The molecule has 0 fully saturated rings. The molecule has 0 amide bonds. The van der Waals surface area contributed by atoms with E-state index >= 15 is 0 Å². The van der Waals surface area contributed by atoms with Gasteiger partial charge in [-0.1, -0.05) is 27.7 Å². The highest BCUT2D eigenvalue weighted by molar-refractivity contribution is 4.65. The number of hydrogen-bond acceptors (Lipinski definition) is 1. The van der Waals surface area contributed by atoms with Crippen LogP contribution in [0.4, 0.5) is 0 Å². The van der Waals surface area contributed by atoms with Gasteiger partial charge < -0.3 is 4.74 Å². The van der Waals surface area contributed by atoms with E-state index in [0.717, 1.165) is 12.5 Å². The number of hydrogen-bond donors (Lipinski definition) is 0. The molecule has 0 heterocycles. The molecule has 0 aromatic rings. The molecule has 1 atom stereocenters. The van der Waals surface area contributed by atoms with Gasteiger partial charge in [0.2, 0.25) is 0 Å². The normalized spacial score (nSPS) is 15.0. The van der Waals surface area contributed by atoms with Crippen LogP contribution in [0.3, 0.4) is 0 Å². The van der Waals surface area contributed by atoms with Crippen LogP contribution in [0.5, 0.6) is 0 Å². The summed E-state index contributed by atoms with van der Waals surface area (Å²) >= 11 is 0. The van der Waals surface area contributed by atoms with Crippen molar-refractivity contribution >= 4 is 0 Å². The molecule has 0 rings (SSSR count). The lowest BCUT2D eigenvalue weighted by Gasteiger charge is -2.22. The minimum absolute atomic E-state index is 0.465. The lowest BCUT2D eigenvalue weighted by molar-refractivity contribution is 0.167. The van der Waals surface area contributed by atoms with E-state index in [1.54, 1.807) is 7.11 Å². The summed E-state index contributed by atoms with van der Waals surface area (Å²) in [6.45, 7) is 10.1. The van der Waals surface area contributed by atoms with Gasteiger partial charge >= 0.3 is 0 Å². The molecule has 0 aromatic carbocycles. The zero-order valence-electron chi connectivity index (χ0n) is 8.61. The number of rotatable bonds is 4. The highest BCUT2D eigenvalue weighted by atomic mass is 16.5. The van der Waals surface area contributed by atoms with Crippen LogP contribution in [0, 0.1) is 11.3 Å². The molecule has 0 aliphatic carbocycles. The Hall–Kier alpha value is -0.0400. The molecule has 0 aliphatic rings. The van der Waals surface area contributed by atoms with Crippen molar-refractivity contribution in [2.24, 2.45) is 11.3 Å². The fourth-order valence-electron chi connectivity index (χ4n) is 1.47. The van der Waals surface area contributed by atoms with E-state index in [1.807, 2.05) is 0 Å². The summed E-state index contributed by atoms with van der Waals surface area (Å²) in [5.41, 5.74) is 0.465. The monoisotopic (exact) mass is 158 g/mol. The molecule has 0 aliphatic heterocycles. The van der Waals surface area contributed by atoms with E-state index in [1.165, 1.54) is 12.8 Å². The molecule has 0 radical (unpaired) electrons. The highest BCUT2D eigenvalue weighted by Gasteiger charge is 2.14. The first kappa shape index (κ1) is 11.0. The SMILES string of the molecule is COCCC(C)CC(C)(C)C. The zero-order valence-corrected chi connectivity index (χ0v) is 8.61. The van der Waals surface area contributed by atoms with Gasteiger partial charge in [-0.2, -0.15) is 0 Å². The zero-order chi connectivity index (χ0) is 8.91. The predicted molar refractivity (Wildman–Crippen MR) is 49.7 cm³/mol. The quantitative estimate of drug-likeness (QED) is 0.611. The van der Waals surface area contributed by atoms with Crippen LogP contribution >= 0.6 is 0 Å². The van der Waals surface area contributed by atoms with Crippen LogP contribution in [-0.2, 0) is 4.74 Å². The molecule has 0 spiro atoms. The van der Waals surface area contributed by atoms with Gasteiger partial charge in [0.1, 0.15) is 0 Å². The van der Waals surface area contributed by atoms with Crippen LogP contribution in [0.2, 0.25) is 0 Å². The van der Waals surface area contributed by atoms with Gasteiger partial charge in [-0.3, -0.25) is 0 Å². The Kier molecular flexibility index (Phi) is 4.74. The first-order valence-corrected chi connectivity index (χ1v) is 4.44.